The van der Waals surface area contributed by atoms with Gasteiger partial charge in [-0.1, -0.05) is 18.2 Å². The molecule has 0 aliphatic rings. The summed E-state index contributed by atoms with van der Waals surface area (Å²) in [7, 11) is 0. The minimum absolute atomic E-state index is 0.376. The smallest absolute Gasteiger partial charge is 0.243 e. The van der Waals surface area contributed by atoms with Gasteiger partial charge in [0.05, 0.1) is 17.5 Å². The molecule has 1 unspecified atom stereocenters. The van der Waals surface area contributed by atoms with Crippen LogP contribution in [-0.2, 0) is 9.59 Å². The first-order valence-corrected chi connectivity index (χ1v) is 8.61. The normalized spacial score (nSPS) is 11.7. The number of hydrogen-bond donors (Lipinski definition) is 2. The van der Waals surface area contributed by atoms with Crippen LogP contribution in [0.5, 0.6) is 0 Å². The third kappa shape index (κ3) is 5.01. The molecule has 0 bridgehead atoms. The summed E-state index contributed by atoms with van der Waals surface area (Å²) in [5.74, 6) is -5.64. The van der Waals surface area contributed by atoms with E-state index in [1.54, 1.807) is 6.92 Å². The van der Waals surface area contributed by atoms with Crippen LogP contribution in [0, 0.1) is 24.4 Å². The van der Waals surface area contributed by atoms with Gasteiger partial charge in [0.25, 0.3) is 0 Å². The van der Waals surface area contributed by atoms with Crippen molar-refractivity contribution < 1.29 is 22.8 Å². The number of halogens is 3. The number of nitrogens with one attached hydrogen (secondary N) is 2. The summed E-state index contributed by atoms with van der Waals surface area (Å²) in [4.78, 5) is 24.8. The largest absolute Gasteiger partial charge is 0.346 e. The Morgan fingerprint density at radius 3 is 2.46 bits per heavy atom. The first kappa shape index (κ1) is 19.8. The summed E-state index contributed by atoms with van der Waals surface area (Å²) in [5.41, 5.74) is 0.536. The van der Waals surface area contributed by atoms with Crippen LogP contribution in [-0.4, -0.2) is 23.6 Å². The molecule has 0 aliphatic heterocycles. The molecular formula is C18H17F3N2O2S. The Labute approximate surface area is 153 Å². The number of benzene rings is 2. The van der Waals surface area contributed by atoms with Gasteiger partial charge in [0.15, 0.2) is 17.5 Å². The predicted octanol–water partition coefficient (Wildman–Crippen LogP) is 3.65. The molecule has 26 heavy (non-hydrogen) atoms. The Morgan fingerprint density at radius 1 is 1.08 bits per heavy atom. The topological polar surface area (TPSA) is 58.2 Å². The van der Waals surface area contributed by atoms with Crippen LogP contribution >= 0.6 is 11.8 Å². The molecule has 2 rings (SSSR count). The highest BCUT2D eigenvalue weighted by molar-refractivity contribution is 8.00. The molecule has 0 fully saturated rings. The van der Waals surface area contributed by atoms with Gasteiger partial charge in [-0.2, -0.15) is 0 Å². The quantitative estimate of drug-likeness (QED) is 0.592. The number of aryl methyl sites for hydroxylation is 1. The first-order valence-electron chi connectivity index (χ1n) is 7.73. The van der Waals surface area contributed by atoms with Crippen LogP contribution < -0.4 is 10.6 Å². The van der Waals surface area contributed by atoms with Crippen molar-refractivity contribution >= 4 is 29.3 Å². The monoisotopic (exact) mass is 382 g/mol. The van der Waals surface area contributed by atoms with E-state index in [0.717, 1.165) is 16.5 Å². The van der Waals surface area contributed by atoms with Crippen molar-refractivity contribution in [3.8, 4) is 0 Å². The lowest BCUT2D eigenvalue weighted by atomic mass is 10.2. The van der Waals surface area contributed by atoms with E-state index in [1.807, 2.05) is 31.2 Å². The molecule has 0 saturated carbocycles. The molecule has 0 spiro atoms. The van der Waals surface area contributed by atoms with Gasteiger partial charge in [0.2, 0.25) is 11.8 Å². The second-order valence-electron chi connectivity index (χ2n) is 5.51. The van der Waals surface area contributed by atoms with Crippen LogP contribution in [0.1, 0.15) is 12.5 Å². The van der Waals surface area contributed by atoms with E-state index in [-0.39, 0.29) is 5.91 Å². The standard InChI is InChI=1S/C18H17F3N2O2S/c1-10-5-3-4-6-14(10)26-11(2)18(25)22-9-15(24)23-13-8-7-12(19)16(20)17(13)21/h3-8,11H,9H2,1-2H3,(H,22,25)(H,23,24). The summed E-state index contributed by atoms with van der Waals surface area (Å²) in [6.07, 6.45) is 0. The van der Waals surface area contributed by atoms with E-state index < -0.39 is 40.8 Å². The van der Waals surface area contributed by atoms with Gasteiger partial charge in [-0.15, -0.1) is 11.8 Å². The van der Waals surface area contributed by atoms with E-state index in [4.69, 9.17) is 0 Å². The van der Waals surface area contributed by atoms with E-state index in [1.165, 1.54) is 11.8 Å². The fourth-order valence-corrected chi connectivity index (χ4v) is 3.04. The zero-order chi connectivity index (χ0) is 19.3. The summed E-state index contributed by atoms with van der Waals surface area (Å²) < 4.78 is 39.5. The number of hydrogen-bond acceptors (Lipinski definition) is 3. The van der Waals surface area contributed by atoms with Crippen LogP contribution in [0.2, 0.25) is 0 Å². The highest BCUT2D eigenvalue weighted by atomic mass is 32.2. The first-order chi connectivity index (χ1) is 12.3. The molecule has 0 aliphatic carbocycles. The molecule has 2 N–H and O–H groups in total. The van der Waals surface area contributed by atoms with E-state index in [9.17, 15) is 22.8 Å². The maximum atomic E-state index is 13.5. The van der Waals surface area contributed by atoms with Crippen molar-refractivity contribution in [1.82, 2.24) is 5.32 Å². The number of anilines is 1. The van der Waals surface area contributed by atoms with E-state index >= 15 is 0 Å². The fourth-order valence-electron chi connectivity index (χ4n) is 2.06. The van der Waals surface area contributed by atoms with E-state index in [0.29, 0.717) is 6.07 Å². The number of carbonyl (C=O) groups is 2. The fraction of sp³-hybridized carbons (Fsp3) is 0.222. The molecule has 4 nitrogen and oxygen atoms in total. The highest BCUT2D eigenvalue weighted by Crippen LogP contribution is 2.26. The molecule has 0 saturated heterocycles. The van der Waals surface area contributed by atoms with E-state index in [2.05, 4.69) is 10.6 Å². The van der Waals surface area contributed by atoms with Gasteiger partial charge in [-0.3, -0.25) is 9.59 Å². The maximum Gasteiger partial charge on any atom is 0.243 e. The predicted molar refractivity (Wildman–Crippen MR) is 94.5 cm³/mol. The zero-order valence-electron chi connectivity index (χ0n) is 14.1. The minimum Gasteiger partial charge on any atom is -0.346 e. The van der Waals surface area contributed by atoms with Crippen LogP contribution in [0.25, 0.3) is 0 Å². The van der Waals surface area contributed by atoms with Gasteiger partial charge in [-0.05, 0) is 37.6 Å². The second-order valence-corrected chi connectivity index (χ2v) is 6.90. The Bertz CT molecular complexity index is 830. The molecule has 0 radical (unpaired) electrons. The Morgan fingerprint density at radius 2 is 1.77 bits per heavy atom. The maximum absolute atomic E-state index is 13.5. The third-order valence-corrected chi connectivity index (χ3v) is 4.78. The molecule has 8 heteroatoms. The average molecular weight is 382 g/mol. The highest BCUT2D eigenvalue weighted by Gasteiger charge is 2.18. The average Bonchev–Trinajstić information content (AvgIpc) is 2.62. The van der Waals surface area contributed by atoms with Gasteiger partial charge in [-0.25, -0.2) is 13.2 Å². The summed E-state index contributed by atoms with van der Waals surface area (Å²) >= 11 is 1.34. The number of carbonyl (C=O) groups excluding carboxylic acids is 2. The lowest BCUT2D eigenvalue weighted by Gasteiger charge is -2.13. The van der Waals surface area contributed by atoms with Crippen molar-refractivity contribution in [2.24, 2.45) is 0 Å². The Kier molecular flexibility index (Phi) is 6.68. The van der Waals surface area contributed by atoms with Crippen LogP contribution in [0.4, 0.5) is 18.9 Å². The number of amides is 2. The van der Waals surface area contributed by atoms with Gasteiger partial charge in [0, 0.05) is 4.90 Å². The van der Waals surface area contributed by atoms with Crippen LogP contribution in [0.15, 0.2) is 41.3 Å². The molecule has 2 aromatic rings. The molecule has 0 aromatic heterocycles. The molecule has 2 amide bonds. The summed E-state index contributed by atoms with van der Waals surface area (Å²) in [6, 6.07) is 9.19. The lowest BCUT2D eigenvalue weighted by Crippen LogP contribution is -2.37. The number of rotatable bonds is 6. The van der Waals surface area contributed by atoms with Crippen molar-refractivity contribution in [2.75, 3.05) is 11.9 Å². The van der Waals surface area contributed by atoms with Gasteiger partial charge >= 0.3 is 0 Å². The van der Waals surface area contributed by atoms with Gasteiger partial charge < -0.3 is 10.6 Å². The molecule has 2 aromatic carbocycles. The third-order valence-electron chi connectivity index (χ3n) is 3.50. The molecule has 1 atom stereocenters. The summed E-state index contributed by atoms with van der Waals surface area (Å²) in [5, 5.41) is 4.06. The lowest BCUT2D eigenvalue weighted by molar-refractivity contribution is -0.123. The van der Waals surface area contributed by atoms with Crippen molar-refractivity contribution in [2.45, 2.75) is 24.0 Å². The van der Waals surface area contributed by atoms with Crippen molar-refractivity contribution in [3.63, 3.8) is 0 Å². The molecular weight excluding hydrogens is 365 g/mol. The molecule has 0 heterocycles. The Hall–Kier alpha value is -2.48. The summed E-state index contributed by atoms with van der Waals surface area (Å²) in [6.45, 7) is 3.20. The zero-order valence-corrected chi connectivity index (χ0v) is 14.9. The number of thioether (sulfide) groups is 1. The second kappa shape index (κ2) is 8.75. The van der Waals surface area contributed by atoms with Crippen molar-refractivity contribution in [1.29, 1.82) is 0 Å². The Balaban J connectivity index is 1.88. The van der Waals surface area contributed by atoms with Crippen molar-refractivity contribution in [3.05, 3.63) is 59.4 Å². The minimum atomic E-state index is -1.67. The van der Waals surface area contributed by atoms with Gasteiger partial charge in [0.1, 0.15) is 0 Å². The SMILES string of the molecule is Cc1ccccc1SC(C)C(=O)NCC(=O)Nc1ccc(F)c(F)c1F. The van der Waals surface area contributed by atoms with Crippen LogP contribution in [0.3, 0.4) is 0 Å². The molecule has 138 valence electrons.